The number of nitrogens with zero attached hydrogens (tertiary/aromatic N) is 1. The van der Waals surface area contributed by atoms with Gasteiger partial charge in [-0.15, -0.1) is 11.8 Å². The van der Waals surface area contributed by atoms with Gasteiger partial charge < -0.3 is 10.6 Å². The van der Waals surface area contributed by atoms with Crippen LogP contribution in [0.5, 0.6) is 0 Å². The van der Waals surface area contributed by atoms with Gasteiger partial charge in [0.05, 0.1) is 17.1 Å². The van der Waals surface area contributed by atoms with Gasteiger partial charge in [0.25, 0.3) is 11.8 Å². The van der Waals surface area contributed by atoms with Gasteiger partial charge in [-0.1, -0.05) is 54.6 Å². The zero-order chi connectivity index (χ0) is 30.3. The standard InChI is InChI=1S/C36H29N3O3S2/c40-34(39-32-12-6-4-8-26(32)14-15-27-9-5-7-13-33(27)39)24-44-30-18-16-29(17-19-30)37-36(42)31(22-25-20-21-43-23-25)38-35(41)28-10-2-1-3-11-28/h1-13,16-23H,14-15,24H2,(H,37,42)(H,38,41)/b31-22-. The van der Waals surface area contributed by atoms with Crippen molar-refractivity contribution in [1.29, 1.82) is 0 Å². The summed E-state index contributed by atoms with van der Waals surface area (Å²) in [5, 5.41) is 9.44. The van der Waals surface area contributed by atoms with Gasteiger partial charge in [-0.2, -0.15) is 11.3 Å². The predicted molar refractivity (Wildman–Crippen MR) is 179 cm³/mol. The number of amides is 3. The second-order valence-electron chi connectivity index (χ2n) is 10.2. The monoisotopic (exact) mass is 615 g/mol. The third-order valence-corrected chi connectivity index (χ3v) is 8.93. The summed E-state index contributed by atoms with van der Waals surface area (Å²) >= 11 is 2.96. The fourth-order valence-corrected chi connectivity index (χ4v) is 6.42. The van der Waals surface area contributed by atoms with Gasteiger partial charge in [-0.05, 0) is 101 Å². The van der Waals surface area contributed by atoms with Crippen LogP contribution in [-0.2, 0) is 22.4 Å². The Balaban J connectivity index is 1.13. The first kappa shape index (κ1) is 29.2. The molecule has 0 spiro atoms. The third kappa shape index (κ3) is 6.83. The SMILES string of the molecule is O=C(Nc1ccc(SCC(=O)N2c3ccccc3CCc3ccccc32)cc1)/C(=C/c1ccsc1)NC(=O)c1ccccc1. The number of anilines is 3. The van der Waals surface area contributed by atoms with Gasteiger partial charge in [0.1, 0.15) is 5.70 Å². The number of aryl methyl sites for hydroxylation is 2. The average Bonchev–Trinajstić information content (AvgIpc) is 3.51. The first-order valence-corrected chi connectivity index (χ1v) is 16.1. The van der Waals surface area contributed by atoms with Crippen LogP contribution in [0, 0.1) is 0 Å². The van der Waals surface area contributed by atoms with Crippen molar-refractivity contribution in [2.45, 2.75) is 17.7 Å². The number of thiophene rings is 1. The predicted octanol–water partition coefficient (Wildman–Crippen LogP) is 7.71. The molecule has 0 bridgehead atoms. The molecule has 218 valence electrons. The number of rotatable bonds is 8. The van der Waals surface area contributed by atoms with Crippen molar-refractivity contribution in [3.63, 3.8) is 0 Å². The molecule has 5 aromatic rings. The van der Waals surface area contributed by atoms with Gasteiger partial charge in [0.2, 0.25) is 5.91 Å². The second-order valence-corrected chi connectivity index (χ2v) is 12.0. The maximum Gasteiger partial charge on any atom is 0.272 e. The minimum Gasteiger partial charge on any atom is -0.321 e. The topological polar surface area (TPSA) is 78.5 Å². The Labute approximate surface area is 264 Å². The van der Waals surface area contributed by atoms with Crippen LogP contribution < -0.4 is 15.5 Å². The number of nitrogens with one attached hydrogen (secondary N) is 2. The lowest BCUT2D eigenvalue weighted by atomic mass is 10.0. The zero-order valence-corrected chi connectivity index (χ0v) is 25.4. The highest BCUT2D eigenvalue weighted by Crippen LogP contribution is 2.37. The van der Waals surface area contributed by atoms with E-state index in [-0.39, 0.29) is 23.3 Å². The number of fused-ring (bicyclic) bond motifs is 2. The summed E-state index contributed by atoms with van der Waals surface area (Å²) in [5.41, 5.74) is 6.19. The summed E-state index contributed by atoms with van der Waals surface area (Å²) in [4.78, 5) is 42.5. The molecule has 0 atom stereocenters. The van der Waals surface area contributed by atoms with Gasteiger partial charge in [0, 0.05) is 16.1 Å². The molecule has 0 radical (unpaired) electrons. The van der Waals surface area contributed by atoms with E-state index in [1.165, 1.54) is 23.1 Å². The van der Waals surface area contributed by atoms with Gasteiger partial charge in [0.15, 0.2) is 0 Å². The summed E-state index contributed by atoms with van der Waals surface area (Å²) in [7, 11) is 0. The summed E-state index contributed by atoms with van der Waals surface area (Å²) in [6, 6.07) is 34.2. The number of para-hydroxylation sites is 2. The molecule has 1 aromatic heterocycles. The van der Waals surface area contributed by atoms with E-state index >= 15 is 0 Å². The van der Waals surface area contributed by atoms with Crippen LogP contribution in [0.1, 0.15) is 27.0 Å². The Morgan fingerprint density at radius 2 is 1.41 bits per heavy atom. The molecule has 0 unspecified atom stereocenters. The molecule has 0 saturated carbocycles. The van der Waals surface area contributed by atoms with Gasteiger partial charge >= 0.3 is 0 Å². The van der Waals surface area contributed by atoms with Crippen LogP contribution in [0.4, 0.5) is 17.1 Å². The van der Waals surface area contributed by atoms with E-state index < -0.39 is 5.91 Å². The number of benzene rings is 4. The average molecular weight is 616 g/mol. The molecule has 2 N–H and O–H groups in total. The molecule has 2 heterocycles. The molecule has 6 nitrogen and oxygen atoms in total. The normalized spacial score (nSPS) is 12.5. The summed E-state index contributed by atoms with van der Waals surface area (Å²) in [6.07, 6.45) is 3.43. The van der Waals surface area contributed by atoms with Crippen molar-refractivity contribution in [3.8, 4) is 0 Å². The van der Waals surface area contributed by atoms with E-state index in [1.807, 2.05) is 76.3 Å². The smallest absolute Gasteiger partial charge is 0.272 e. The van der Waals surface area contributed by atoms with Crippen LogP contribution in [0.25, 0.3) is 6.08 Å². The minimum absolute atomic E-state index is 0.00606. The molecule has 3 amide bonds. The number of hydrogen-bond acceptors (Lipinski definition) is 5. The van der Waals surface area contributed by atoms with Crippen molar-refractivity contribution >= 4 is 64.0 Å². The summed E-state index contributed by atoms with van der Waals surface area (Å²) in [6.45, 7) is 0. The summed E-state index contributed by atoms with van der Waals surface area (Å²) < 4.78 is 0. The Kier molecular flexibility index (Phi) is 9.01. The van der Waals surface area contributed by atoms with E-state index in [9.17, 15) is 14.4 Å². The third-order valence-electron chi connectivity index (χ3n) is 7.24. The maximum atomic E-state index is 13.7. The van der Waals surface area contributed by atoms with Gasteiger partial charge in [-0.3, -0.25) is 19.3 Å². The van der Waals surface area contributed by atoms with E-state index in [1.54, 1.807) is 42.5 Å². The fourth-order valence-electron chi connectivity index (χ4n) is 5.06. The highest BCUT2D eigenvalue weighted by atomic mass is 32.2. The first-order valence-electron chi connectivity index (χ1n) is 14.2. The van der Waals surface area contributed by atoms with Gasteiger partial charge in [-0.25, -0.2) is 0 Å². The first-order chi connectivity index (χ1) is 21.5. The lowest BCUT2D eigenvalue weighted by Gasteiger charge is -2.25. The van der Waals surface area contributed by atoms with E-state index in [0.717, 1.165) is 45.8 Å². The summed E-state index contributed by atoms with van der Waals surface area (Å²) in [5.74, 6) is -0.539. The Morgan fingerprint density at radius 1 is 0.773 bits per heavy atom. The molecule has 8 heteroatoms. The Hall–Kier alpha value is -4.92. The largest absolute Gasteiger partial charge is 0.321 e. The molecular formula is C36H29N3O3S2. The molecule has 0 aliphatic carbocycles. The number of carbonyl (C=O) groups is 3. The molecule has 4 aromatic carbocycles. The highest BCUT2D eigenvalue weighted by Gasteiger charge is 2.25. The van der Waals surface area contributed by atoms with Crippen LogP contribution >= 0.6 is 23.1 Å². The quantitative estimate of drug-likeness (QED) is 0.138. The van der Waals surface area contributed by atoms with E-state index in [2.05, 4.69) is 22.8 Å². The maximum absolute atomic E-state index is 13.7. The molecule has 1 aliphatic rings. The van der Waals surface area contributed by atoms with E-state index in [0.29, 0.717) is 11.3 Å². The zero-order valence-electron chi connectivity index (χ0n) is 23.7. The van der Waals surface area contributed by atoms with Crippen molar-refractivity contribution in [2.75, 3.05) is 16.0 Å². The Bertz CT molecular complexity index is 1770. The Morgan fingerprint density at radius 3 is 2.05 bits per heavy atom. The highest BCUT2D eigenvalue weighted by molar-refractivity contribution is 8.00. The van der Waals surface area contributed by atoms with E-state index in [4.69, 9.17) is 0 Å². The fraction of sp³-hybridized carbons (Fsp3) is 0.0833. The lowest BCUT2D eigenvalue weighted by Crippen LogP contribution is -2.30. The number of thioether (sulfide) groups is 1. The van der Waals surface area contributed by atoms with Crippen LogP contribution in [0.15, 0.2) is 131 Å². The molecule has 44 heavy (non-hydrogen) atoms. The van der Waals surface area contributed by atoms with Crippen molar-refractivity contribution in [1.82, 2.24) is 5.32 Å². The number of carbonyl (C=O) groups excluding carboxylic acids is 3. The molecule has 1 aliphatic heterocycles. The van der Waals surface area contributed by atoms with Crippen LogP contribution in [-0.4, -0.2) is 23.5 Å². The molecule has 6 rings (SSSR count). The second kappa shape index (κ2) is 13.6. The van der Waals surface area contributed by atoms with Crippen LogP contribution in [0.3, 0.4) is 0 Å². The van der Waals surface area contributed by atoms with Crippen molar-refractivity contribution in [2.24, 2.45) is 0 Å². The number of hydrogen-bond donors (Lipinski definition) is 2. The molecule has 0 fully saturated rings. The molecular weight excluding hydrogens is 587 g/mol. The minimum atomic E-state index is -0.436. The van der Waals surface area contributed by atoms with Crippen molar-refractivity contribution in [3.05, 3.63) is 148 Å². The van der Waals surface area contributed by atoms with Crippen molar-refractivity contribution < 1.29 is 14.4 Å². The molecule has 0 saturated heterocycles. The van der Waals surface area contributed by atoms with Crippen LogP contribution in [0.2, 0.25) is 0 Å². The lowest BCUT2D eigenvalue weighted by molar-refractivity contribution is -0.115.